The van der Waals surface area contributed by atoms with Crippen LogP contribution in [0, 0.1) is 0 Å². The van der Waals surface area contributed by atoms with Gasteiger partial charge in [-0.2, -0.15) is 0 Å². The first-order valence-electron chi connectivity index (χ1n) is 5.80. The number of ether oxygens (including phenoxy) is 2. The number of methoxy groups -OCH3 is 1. The third-order valence-corrected chi connectivity index (χ3v) is 3.02. The molecule has 3 N–H and O–H groups in total. The maximum Gasteiger partial charge on any atom is 0.237 e. The Morgan fingerprint density at radius 2 is 2.44 bits per heavy atom. The molecule has 16 heavy (non-hydrogen) atoms. The Morgan fingerprint density at radius 1 is 1.69 bits per heavy atom. The Morgan fingerprint density at radius 3 is 2.94 bits per heavy atom. The fraction of sp³-hybridized carbons (Fsp3) is 0.909. The highest BCUT2D eigenvalue weighted by molar-refractivity contribution is 5.81. The Bertz CT molecular complexity index is 227. The van der Waals surface area contributed by atoms with Crippen LogP contribution in [-0.4, -0.2) is 44.4 Å². The molecule has 1 amide bonds. The molecule has 1 rings (SSSR count). The smallest absolute Gasteiger partial charge is 0.237 e. The first-order valence-corrected chi connectivity index (χ1v) is 5.80. The fourth-order valence-electron chi connectivity index (χ4n) is 1.78. The van der Waals surface area contributed by atoms with Crippen molar-refractivity contribution in [3.05, 3.63) is 0 Å². The lowest BCUT2D eigenvalue weighted by molar-refractivity contribution is -0.124. The average Bonchev–Trinajstić information content (AvgIpc) is 2.75. The van der Waals surface area contributed by atoms with Gasteiger partial charge in [0.1, 0.15) is 5.60 Å². The molecule has 1 heterocycles. The van der Waals surface area contributed by atoms with Crippen molar-refractivity contribution in [2.24, 2.45) is 5.73 Å². The highest BCUT2D eigenvalue weighted by Crippen LogP contribution is 2.21. The van der Waals surface area contributed by atoms with Gasteiger partial charge in [0.15, 0.2) is 0 Å². The molecule has 0 aliphatic carbocycles. The zero-order valence-electron chi connectivity index (χ0n) is 10.1. The van der Waals surface area contributed by atoms with E-state index in [2.05, 4.69) is 5.32 Å². The molecule has 0 aromatic heterocycles. The minimum atomic E-state index is -0.416. The van der Waals surface area contributed by atoms with Crippen LogP contribution in [0.15, 0.2) is 0 Å². The van der Waals surface area contributed by atoms with Crippen molar-refractivity contribution in [3.63, 3.8) is 0 Å². The topological polar surface area (TPSA) is 73.6 Å². The molecule has 1 aliphatic rings. The van der Waals surface area contributed by atoms with E-state index in [-0.39, 0.29) is 11.5 Å². The molecule has 1 fully saturated rings. The van der Waals surface area contributed by atoms with Gasteiger partial charge in [-0.3, -0.25) is 4.79 Å². The van der Waals surface area contributed by atoms with Gasteiger partial charge in [-0.1, -0.05) is 13.3 Å². The summed E-state index contributed by atoms with van der Waals surface area (Å²) in [5.41, 5.74) is 5.35. The number of amides is 1. The van der Waals surface area contributed by atoms with E-state index < -0.39 is 6.04 Å². The molecule has 0 spiro atoms. The lowest BCUT2D eigenvalue weighted by Crippen LogP contribution is -2.49. The van der Waals surface area contributed by atoms with Crippen LogP contribution in [0.1, 0.15) is 26.2 Å². The molecule has 1 unspecified atom stereocenters. The van der Waals surface area contributed by atoms with Gasteiger partial charge >= 0.3 is 0 Å². The zero-order valence-corrected chi connectivity index (χ0v) is 10.1. The fourth-order valence-corrected chi connectivity index (χ4v) is 1.78. The van der Waals surface area contributed by atoms with E-state index in [0.717, 1.165) is 12.8 Å². The Balaban J connectivity index is 2.35. The van der Waals surface area contributed by atoms with E-state index in [1.165, 1.54) is 0 Å². The summed E-state index contributed by atoms with van der Waals surface area (Å²) >= 11 is 0. The van der Waals surface area contributed by atoms with Crippen LogP contribution < -0.4 is 11.1 Å². The van der Waals surface area contributed by atoms with Gasteiger partial charge in [0.2, 0.25) is 5.91 Å². The molecule has 0 bridgehead atoms. The zero-order chi connectivity index (χ0) is 12.0. The van der Waals surface area contributed by atoms with Gasteiger partial charge in [-0.25, -0.2) is 0 Å². The van der Waals surface area contributed by atoms with Crippen molar-refractivity contribution < 1.29 is 14.3 Å². The van der Waals surface area contributed by atoms with Crippen molar-refractivity contribution in [1.82, 2.24) is 5.32 Å². The summed E-state index contributed by atoms with van der Waals surface area (Å²) in [6, 6.07) is -0.416. The van der Waals surface area contributed by atoms with Crippen LogP contribution in [0.5, 0.6) is 0 Å². The lowest BCUT2D eigenvalue weighted by atomic mass is 10.0. The van der Waals surface area contributed by atoms with E-state index in [1.807, 2.05) is 6.92 Å². The first-order chi connectivity index (χ1) is 7.63. The number of hydrogen-bond donors (Lipinski definition) is 2. The molecule has 0 aromatic carbocycles. The second-order valence-electron chi connectivity index (χ2n) is 4.30. The van der Waals surface area contributed by atoms with Crippen LogP contribution in [-0.2, 0) is 14.3 Å². The number of nitrogens with two attached hydrogens (primary N) is 1. The van der Waals surface area contributed by atoms with Crippen LogP contribution in [0.2, 0.25) is 0 Å². The summed E-state index contributed by atoms with van der Waals surface area (Å²) in [6.45, 7) is 3.70. The second-order valence-corrected chi connectivity index (χ2v) is 4.30. The van der Waals surface area contributed by atoms with Crippen LogP contribution in [0.25, 0.3) is 0 Å². The van der Waals surface area contributed by atoms with Gasteiger partial charge in [-0.15, -0.1) is 0 Å². The number of carbonyl (C=O) groups is 1. The van der Waals surface area contributed by atoms with Crippen molar-refractivity contribution in [1.29, 1.82) is 0 Å². The molecule has 5 heteroatoms. The molecular formula is C11H22N2O3. The van der Waals surface area contributed by atoms with Crippen LogP contribution in [0.4, 0.5) is 0 Å². The Labute approximate surface area is 96.7 Å². The average molecular weight is 230 g/mol. The van der Waals surface area contributed by atoms with Gasteiger partial charge in [0.25, 0.3) is 0 Å². The SMILES string of the molecule is CCC[C@H](N)C(=O)NCC1(OC)CCOC1. The van der Waals surface area contributed by atoms with Gasteiger partial charge in [0.05, 0.1) is 12.6 Å². The Kier molecular flexibility index (Phi) is 5.18. The molecule has 0 aromatic rings. The number of carbonyl (C=O) groups excluding carboxylic acids is 1. The highest BCUT2D eigenvalue weighted by atomic mass is 16.5. The third-order valence-electron chi connectivity index (χ3n) is 3.02. The van der Waals surface area contributed by atoms with E-state index in [9.17, 15) is 4.79 Å². The third kappa shape index (κ3) is 3.43. The van der Waals surface area contributed by atoms with Crippen molar-refractivity contribution in [2.75, 3.05) is 26.9 Å². The van der Waals surface area contributed by atoms with Gasteiger partial charge < -0.3 is 20.5 Å². The van der Waals surface area contributed by atoms with Crippen molar-refractivity contribution in [2.45, 2.75) is 37.8 Å². The molecule has 1 saturated heterocycles. The normalized spacial score (nSPS) is 26.7. The lowest BCUT2D eigenvalue weighted by Gasteiger charge is -2.26. The first kappa shape index (κ1) is 13.4. The van der Waals surface area contributed by atoms with Crippen LogP contribution in [0.3, 0.4) is 0 Å². The van der Waals surface area contributed by atoms with E-state index in [1.54, 1.807) is 7.11 Å². The molecule has 2 atom stereocenters. The summed E-state index contributed by atoms with van der Waals surface area (Å²) in [4.78, 5) is 11.6. The standard InChI is InChI=1S/C11H22N2O3/c1-3-4-9(12)10(14)13-7-11(15-2)5-6-16-8-11/h9H,3-8,12H2,1-2H3,(H,13,14)/t9-,11?/m0/s1. The maximum absolute atomic E-state index is 11.6. The minimum Gasteiger partial charge on any atom is -0.378 e. The Hall–Kier alpha value is -0.650. The summed E-state index contributed by atoms with van der Waals surface area (Å²) in [6.07, 6.45) is 2.43. The van der Waals surface area contributed by atoms with Crippen molar-refractivity contribution >= 4 is 5.91 Å². The van der Waals surface area contributed by atoms with Gasteiger partial charge in [-0.05, 0) is 6.42 Å². The number of hydrogen-bond acceptors (Lipinski definition) is 4. The maximum atomic E-state index is 11.6. The minimum absolute atomic E-state index is 0.106. The summed E-state index contributed by atoms with van der Waals surface area (Å²) in [5.74, 6) is -0.106. The van der Waals surface area contributed by atoms with E-state index in [4.69, 9.17) is 15.2 Å². The summed E-state index contributed by atoms with van der Waals surface area (Å²) in [7, 11) is 1.65. The molecule has 0 radical (unpaired) electrons. The van der Waals surface area contributed by atoms with Gasteiger partial charge in [0, 0.05) is 26.7 Å². The second kappa shape index (κ2) is 6.18. The predicted molar refractivity (Wildman–Crippen MR) is 61.1 cm³/mol. The predicted octanol–water partition coefficient (Wildman–Crippen LogP) is 0.0355. The summed E-state index contributed by atoms with van der Waals surface area (Å²) < 4.78 is 10.7. The van der Waals surface area contributed by atoms with E-state index in [0.29, 0.717) is 26.2 Å². The molecule has 5 nitrogen and oxygen atoms in total. The molecule has 0 saturated carbocycles. The van der Waals surface area contributed by atoms with Crippen molar-refractivity contribution in [3.8, 4) is 0 Å². The monoisotopic (exact) mass is 230 g/mol. The molecule has 94 valence electrons. The molecular weight excluding hydrogens is 208 g/mol. The van der Waals surface area contributed by atoms with Crippen LogP contribution >= 0.6 is 0 Å². The molecule has 1 aliphatic heterocycles. The largest absolute Gasteiger partial charge is 0.378 e. The number of nitrogens with one attached hydrogen (secondary N) is 1. The quantitative estimate of drug-likeness (QED) is 0.675. The highest BCUT2D eigenvalue weighted by Gasteiger charge is 2.35. The summed E-state index contributed by atoms with van der Waals surface area (Å²) in [5, 5.41) is 2.83. The number of rotatable bonds is 6. The van der Waals surface area contributed by atoms with E-state index >= 15 is 0 Å².